The fraction of sp³-hybridized carbons (Fsp3) is 0. The molecule has 3 rings (SSSR count). The summed E-state index contributed by atoms with van der Waals surface area (Å²) in [6.07, 6.45) is 1.68. The van der Waals surface area contributed by atoms with Gasteiger partial charge in [-0.2, -0.15) is 5.26 Å². The number of nitrogens with one attached hydrogen (secondary N) is 1. The highest BCUT2D eigenvalue weighted by Crippen LogP contribution is 2.24. The van der Waals surface area contributed by atoms with Crippen LogP contribution in [0.5, 0.6) is 0 Å². The topological polar surface area (TPSA) is 56.6 Å². The predicted molar refractivity (Wildman–Crippen MR) is 77.9 cm³/mol. The van der Waals surface area contributed by atoms with Crippen LogP contribution in [0.1, 0.15) is 21.5 Å². The van der Waals surface area contributed by atoms with Gasteiger partial charge < -0.3 is 4.98 Å². The van der Waals surface area contributed by atoms with Crippen LogP contribution in [0.3, 0.4) is 0 Å². The molecular formula is C16H9ClN2O. The minimum absolute atomic E-state index is 0.0944. The summed E-state index contributed by atoms with van der Waals surface area (Å²) in [5.74, 6) is -0.0944. The van der Waals surface area contributed by atoms with Crippen LogP contribution in [0.2, 0.25) is 5.02 Å². The normalized spacial score (nSPS) is 10.4. The number of hydrogen-bond donors (Lipinski definition) is 1. The van der Waals surface area contributed by atoms with Gasteiger partial charge in [-0.3, -0.25) is 4.79 Å². The SMILES string of the molecule is N#Cc1ccc(C(=O)c2c[nH]c3ccc(Cl)cc23)cc1. The molecule has 0 bridgehead atoms. The first kappa shape index (κ1) is 12.5. The zero-order chi connectivity index (χ0) is 14.1. The molecule has 4 heteroatoms. The van der Waals surface area contributed by atoms with E-state index in [4.69, 9.17) is 16.9 Å². The molecule has 1 heterocycles. The molecule has 20 heavy (non-hydrogen) atoms. The maximum Gasteiger partial charge on any atom is 0.195 e. The monoisotopic (exact) mass is 280 g/mol. The summed E-state index contributed by atoms with van der Waals surface area (Å²) in [7, 11) is 0. The third kappa shape index (κ3) is 2.07. The van der Waals surface area contributed by atoms with E-state index >= 15 is 0 Å². The smallest absolute Gasteiger partial charge is 0.195 e. The Kier molecular flexibility index (Phi) is 3.02. The molecule has 0 aliphatic heterocycles. The second-order valence-electron chi connectivity index (χ2n) is 4.41. The van der Waals surface area contributed by atoms with Gasteiger partial charge in [-0.25, -0.2) is 0 Å². The molecular weight excluding hydrogens is 272 g/mol. The zero-order valence-electron chi connectivity index (χ0n) is 10.4. The van der Waals surface area contributed by atoms with Crippen LogP contribution < -0.4 is 0 Å². The standard InChI is InChI=1S/C16H9ClN2O/c17-12-5-6-15-13(7-12)14(9-19-15)16(20)11-3-1-10(8-18)2-4-11/h1-7,9,19H. The Morgan fingerprint density at radius 3 is 2.60 bits per heavy atom. The molecule has 3 nitrogen and oxygen atoms in total. The van der Waals surface area contributed by atoms with Gasteiger partial charge in [0.15, 0.2) is 5.78 Å². The molecule has 0 radical (unpaired) electrons. The number of nitriles is 1. The molecule has 0 unspecified atom stereocenters. The van der Waals surface area contributed by atoms with Crippen LogP contribution in [0.25, 0.3) is 10.9 Å². The summed E-state index contributed by atoms with van der Waals surface area (Å²) in [6, 6.07) is 14.0. The summed E-state index contributed by atoms with van der Waals surface area (Å²) in [5, 5.41) is 10.2. The van der Waals surface area contributed by atoms with Crippen molar-refractivity contribution in [2.45, 2.75) is 0 Å². The van der Waals surface area contributed by atoms with Crippen molar-refractivity contribution in [3.63, 3.8) is 0 Å². The van der Waals surface area contributed by atoms with E-state index in [9.17, 15) is 4.79 Å². The summed E-state index contributed by atoms with van der Waals surface area (Å²) < 4.78 is 0. The third-order valence-corrected chi connectivity index (χ3v) is 3.40. The molecule has 0 atom stereocenters. The Morgan fingerprint density at radius 2 is 1.90 bits per heavy atom. The number of ketones is 1. The molecule has 2 aromatic carbocycles. The van der Waals surface area contributed by atoms with E-state index in [1.165, 1.54) is 0 Å². The highest BCUT2D eigenvalue weighted by atomic mass is 35.5. The van der Waals surface area contributed by atoms with Crippen LogP contribution in [0.15, 0.2) is 48.7 Å². The van der Waals surface area contributed by atoms with Crippen molar-refractivity contribution < 1.29 is 4.79 Å². The summed E-state index contributed by atoms with van der Waals surface area (Å²) in [4.78, 5) is 15.5. The number of benzene rings is 2. The van der Waals surface area contributed by atoms with E-state index in [0.717, 1.165) is 10.9 Å². The van der Waals surface area contributed by atoms with Crippen molar-refractivity contribution in [3.05, 3.63) is 70.4 Å². The largest absolute Gasteiger partial charge is 0.360 e. The van der Waals surface area contributed by atoms with Crippen LogP contribution >= 0.6 is 11.6 Å². The number of fused-ring (bicyclic) bond motifs is 1. The van der Waals surface area contributed by atoms with Crippen molar-refractivity contribution in [1.82, 2.24) is 4.98 Å². The number of halogens is 1. The highest BCUT2D eigenvalue weighted by Gasteiger charge is 2.14. The fourth-order valence-corrected chi connectivity index (χ4v) is 2.30. The molecule has 0 spiro atoms. The van der Waals surface area contributed by atoms with Gasteiger partial charge in [0.2, 0.25) is 0 Å². The van der Waals surface area contributed by atoms with Crippen LogP contribution in [-0.4, -0.2) is 10.8 Å². The predicted octanol–water partition coefficient (Wildman–Crippen LogP) is 3.92. The van der Waals surface area contributed by atoms with Gasteiger partial charge in [-0.15, -0.1) is 0 Å². The van der Waals surface area contributed by atoms with Gasteiger partial charge >= 0.3 is 0 Å². The van der Waals surface area contributed by atoms with Gasteiger partial charge in [0.25, 0.3) is 0 Å². The van der Waals surface area contributed by atoms with Gasteiger partial charge in [0.1, 0.15) is 0 Å². The van der Waals surface area contributed by atoms with E-state index in [-0.39, 0.29) is 5.78 Å². The Balaban J connectivity index is 2.08. The van der Waals surface area contributed by atoms with Crippen molar-refractivity contribution >= 4 is 28.3 Å². The third-order valence-electron chi connectivity index (χ3n) is 3.16. The lowest BCUT2D eigenvalue weighted by atomic mass is 10.0. The highest BCUT2D eigenvalue weighted by molar-refractivity contribution is 6.31. The summed E-state index contributed by atoms with van der Waals surface area (Å²) in [6.45, 7) is 0. The second kappa shape index (κ2) is 4.84. The lowest BCUT2D eigenvalue weighted by Gasteiger charge is -2.00. The Morgan fingerprint density at radius 1 is 1.15 bits per heavy atom. The maximum absolute atomic E-state index is 12.5. The first-order chi connectivity index (χ1) is 9.69. The molecule has 0 aliphatic rings. The Labute approximate surface area is 120 Å². The van der Waals surface area contributed by atoms with Crippen molar-refractivity contribution in [1.29, 1.82) is 5.26 Å². The fourth-order valence-electron chi connectivity index (χ4n) is 2.13. The molecule has 1 N–H and O–H groups in total. The number of hydrogen-bond acceptors (Lipinski definition) is 2. The molecule has 1 aromatic heterocycles. The first-order valence-corrected chi connectivity index (χ1v) is 6.38. The molecule has 96 valence electrons. The maximum atomic E-state index is 12.5. The number of rotatable bonds is 2. The van der Waals surface area contributed by atoms with E-state index in [1.54, 1.807) is 42.6 Å². The number of carbonyl (C=O) groups excluding carboxylic acids is 1. The number of nitrogens with zero attached hydrogens (tertiary/aromatic N) is 1. The number of H-pyrrole nitrogens is 1. The number of carbonyl (C=O) groups is 1. The molecule has 0 saturated heterocycles. The van der Waals surface area contributed by atoms with Gasteiger partial charge in [0.05, 0.1) is 11.6 Å². The summed E-state index contributed by atoms with van der Waals surface area (Å²) in [5.41, 5.74) is 2.52. The number of aromatic nitrogens is 1. The lowest BCUT2D eigenvalue weighted by Crippen LogP contribution is -2.00. The quantitative estimate of drug-likeness (QED) is 0.723. The van der Waals surface area contributed by atoms with E-state index in [2.05, 4.69) is 4.98 Å². The Hall–Kier alpha value is -2.57. The molecule has 3 aromatic rings. The van der Waals surface area contributed by atoms with Gasteiger partial charge in [-0.05, 0) is 42.5 Å². The van der Waals surface area contributed by atoms with Crippen LogP contribution in [0, 0.1) is 11.3 Å². The van der Waals surface area contributed by atoms with Crippen molar-refractivity contribution in [2.75, 3.05) is 0 Å². The minimum atomic E-state index is -0.0944. The minimum Gasteiger partial charge on any atom is -0.360 e. The van der Waals surface area contributed by atoms with E-state index in [0.29, 0.717) is 21.7 Å². The van der Waals surface area contributed by atoms with Crippen molar-refractivity contribution in [3.8, 4) is 6.07 Å². The Bertz CT molecular complexity index is 841. The van der Waals surface area contributed by atoms with Crippen molar-refractivity contribution in [2.24, 2.45) is 0 Å². The first-order valence-electron chi connectivity index (χ1n) is 6.00. The van der Waals surface area contributed by atoms with Crippen LogP contribution in [0.4, 0.5) is 0 Å². The average Bonchev–Trinajstić information content (AvgIpc) is 2.89. The van der Waals surface area contributed by atoms with E-state index in [1.807, 2.05) is 12.1 Å². The van der Waals surface area contributed by atoms with Gasteiger partial charge in [-0.1, -0.05) is 11.6 Å². The summed E-state index contributed by atoms with van der Waals surface area (Å²) >= 11 is 5.98. The second-order valence-corrected chi connectivity index (χ2v) is 4.85. The van der Waals surface area contributed by atoms with Gasteiger partial charge in [0, 0.05) is 33.2 Å². The van der Waals surface area contributed by atoms with E-state index < -0.39 is 0 Å². The molecule has 0 aliphatic carbocycles. The van der Waals surface area contributed by atoms with Crippen LogP contribution in [-0.2, 0) is 0 Å². The molecule has 0 amide bonds. The average molecular weight is 281 g/mol. The lowest BCUT2D eigenvalue weighted by molar-refractivity contribution is 0.104. The number of aromatic amines is 1. The molecule has 0 fully saturated rings. The zero-order valence-corrected chi connectivity index (χ0v) is 11.1. The molecule has 0 saturated carbocycles.